The van der Waals surface area contributed by atoms with Gasteiger partial charge in [0.1, 0.15) is 0 Å². The zero-order valence-corrected chi connectivity index (χ0v) is 12.5. The van der Waals surface area contributed by atoms with E-state index in [1.165, 1.54) is 12.8 Å². The number of halogens is 1. The molecule has 0 aliphatic rings. The molecule has 16 heavy (non-hydrogen) atoms. The van der Waals surface area contributed by atoms with Crippen LogP contribution in [-0.4, -0.2) is 17.8 Å². The summed E-state index contributed by atoms with van der Waals surface area (Å²) in [5.41, 5.74) is 0. The molecule has 0 aromatic carbocycles. The number of rotatable bonds is 9. The van der Waals surface area contributed by atoms with Crippen LogP contribution in [0.3, 0.4) is 0 Å². The van der Waals surface area contributed by atoms with Crippen LogP contribution in [0.15, 0.2) is 0 Å². The van der Waals surface area contributed by atoms with Crippen molar-refractivity contribution in [2.24, 2.45) is 11.8 Å². The predicted octanol–water partition coefficient (Wildman–Crippen LogP) is 3.74. The van der Waals surface area contributed by atoms with Crippen LogP contribution in [0.4, 0.5) is 0 Å². The number of nitrogens with one attached hydrogen (secondary N) is 1. The average molecular weight is 292 g/mol. The fourth-order valence-corrected chi connectivity index (χ4v) is 2.54. The molecule has 0 aromatic heterocycles. The fourth-order valence-electron chi connectivity index (χ4n) is 1.89. The molecule has 2 unspecified atom stereocenters. The largest absolute Gasteiger partial charge is 0.356 e. The molecule has 2 nitrogen and oxygen atoms in total. The molecule has 0 saturated carbocycles. The molecule has 0 spiro atoms. The number of hydrogen-bond acceptors (Lipinski definition) is 1. The molecule has 2 atom stereocenters. The molecule has 0 aromatic rings. The van der Waals surface area contributed by atoms with Gasteiger partial charge in [-0.3, -0.25) is 4.79 Å². The maximum atomic E-state index is 11.7. The Labute approximate surface area is 109 Å². The topological polar surface area (TPSA) is 29.1 Å². The van der Waals surface area contributed by atoms with Crippen LogP contribution < -0.4 is 5.32 Å². The van der Waals surface area contributed by atoms with Crippen LogP contribution >= 0.6 is 15.9 Å². The van der Waals surface area contributed by atoms with Gasteiger partial charge in [0.2, 0.25) is 5.91 Å². The summed E-state index contributed by atoms with van der Waals surface area (Å²) < 4.78 is 0. The third kappa shape index (κ3) is 7.26. The maximum Gasteiger partial charge on any atom is 0.222 e. The molecule has 96 valence electrons. The van der Waals surface area contributed by atoms with E-state index < -0.39 is 0 Å². The van der Waals surface area contributed by atoms with E-state index in [1.807, 2.05) is 6.92 Å². The van der Waals surface area contributed by atoms with Gasteiger partial charge in [0.25, 0.3) is 0 Å². The molecule has 0 saturated heterocycles. The van der Waals surface area contributed by atoms with Crippen molar-refractivity contribution in [3.8, 4) is 0 Å². The Balaban J connectivity index is 3.85. The van der Waals surface area contributed by atoms with Crippen molar-refractivity contribution in [3.05, 3.63) is 0 Å². The Morgan fingerprint density at radius 2 is 1.81 bits per heavy atom. The quantitative estimate of drug-likeness (QED) is 0.644. The molecule has 0 bridgehead atoms. The van der Waals surface area contributed by atoms with Crippen molar-refractivity contribution >= 4 is 21.8 Å². The van der Waals surface area contributed by atoms with Gasteiger partial charge in [-0.2, -0.15) is 0 Å². The molecule has 1 N–H and O–H groups in total. The van der Waals surface area contributed by atoms with Gasteiger partial charge in [-0.05, 0) is 25.2 Å². The van der Waals surface area contributed by atoms with Gasteiger partial charge in [0.15, 0.2) is 0 Å². The summed E-state index contributed by atoms with van der Waals surface area (Å²) in [6.45, 7) is 7.17. The average Bonchev–Trinajstić information content (AvgIpc) is 2.26. The van der Waals surface area contributed by atoms with E-state index in [9.17, 15) is 4.79 Å². The van der Waals surface area contributed by atoms with Gasteiger partial charge in [-0.15, -0.1) is 0 Å². The fraction of sp³-hybridized carbons (Fsp3) is 0.923. The number of hydrogen-bond donors (Lipinski definition) is 1. The third-order valence-electron chi connectivity index (χ3n) is 2.95. The van der Waals surface area contributed by atoms with Gasteiger partial charge in [0, 0.05) is 17.8 Å². The van der Waals surface area contributed by atoms with Crippen molar-refractivity contribution in [2.45, 2.75) is 52.9 Å². The van der Waals surface area contributed by atoms with Crippen LogP contribution in [0.25, 0.3) is 0 Å². The van der Waals surface area contributed by atoms with Crippen molar-refractivity contribution in [1.29, 1.82) is 0 Å². The van der Waals surface area contributed by atoms with Crippen molar-refractivity contribution in [2.75, 3.05) is 11.9 Å². The summed E-state index contributed by atoms with van der Waals surface area (Å²) in [6.07, 6.45) is 5.61. The Bertz CT molecular complexity index is 179. The molecular formula is C13H26BrNO. The van der Waals surface area contributed by atoms with Gasteiger partial charge < -0.3 is 5.32 Å². The number of carbonyl (C=O) groups excluding carboxylic acids is 1. The molecule has 0 radical (unpaired) electrons. The minimum atomic E-state index is 0.163. The van der Waals surface area contributed by atoms with Crippen LogP contribution in [0, 0.1) is 11.8 Å². The smallest absolute Gasteiger partial charge is 0.222 e. The van der Waals surface area contributed by atoms with E-state index in [1.54, 1.807) is 0 Å². The highest BCUT2D eigenvalue weighted by Gasteiger charge is 2.13. The maximum absolute atomic E-state index is 11.7. The Morgan fingerprint density at radius 1 is 1.19 bits per heavy atom. The van der Waals surface area contributed by atoms with Gasteiger partial charge in [-0.25, -0.2) is 0 Å². The second-order valence-corrected chi connectivity index (χ2v) is 5.36. The van der Waals surface area contributed by atoms with Crippen LogP contribution in [0.5, 0.6) is 0 Å². The molecule has 0 heterocycles. The Kier molecular flexibility index (Phi) is 10.1. The number of amides is 1. The van der Waals surface area contributed by atoms with Crippen molar-refractivity contribution in [1.82, 2.24) is 5.32 Å². The van der Waals surface area contributed by atoms with Crippen LogP contribution in [0.1, 0.15) is 52.9 Å². The standard InChI is InChI=1S/C13H26BrNO/c1-4-6-11(3)13(16)15-10-12(7-5-2)8-9-14/h11-12H,4-10H2,1-3H3,(H,15,16). The molecule has 0 rings (SSSR count). The highest BCUT2D eigenvalue weighted by atomic mass is 79.9. The highest BCUT2D eigenvalue weighted by molar-refractivity contribution is 9.09. The molecule has 0 aliphatic carbocycles. The van der Waals surface area contributed by atoms with Gasteiger partial charge in [0.05, 0.1) is 0 Å². The highest BCUT2D eigenvalue weighted by Crippen LogP contribution is 2.12. The Morgan fingerprint density at radius 3 is 2.31 bits per heavy atom. The first-order valence-corrected chi connectivity index (χ1v) is 7.61. The lowest BCUT2D eigenvalue weighted by Crippen LogP contribution is -2.33. The lowest BCUT2D eigenvalue weighted by Gasteiger charge is -2.17. The first-order valence-electron chi connectivity index (χ1n) is 6.49. The minimum absolute atomic E-state index is 0.163. The van der Waals surface area contributed by atoms with Crippen LogP contribution in [0.2, 0.25) is 0 Å². The normalized spacial score (nSPS) is 14.5. The number of carbonyl (C=O) groups is 1. The lowest BCUT2D eigenvalue weighted by atomic mass is 10.00. The second kappa shape index (κ2) is 10.1. The van der Waals surface area contributed by atoms with E-state index >= 15 is 0 Å². The summed E-state index contributed by atoms with van der Waals surface area (Å²) in [6, 6.07) is 0. The van der Waals surface area contributed by atoms with Crippen molar-refractivity contribution < 1.29 is 4.79 Å². The number of alkyl halides is 1. The molecule has 3 heteroatoms. The zero-order chi connectivity index (χ0) is 12.4. The third-order valence-corrected chi connectivity index (χ3v) is 3.41. The zero-order valence-electron chi connectivity index (χ0n) is 10.9. The van der Waals surface area contributed by atoms with Gasteiger partial charge >= 0.3 is 0 Å². The summed E-state index contributed by atoms with van der Waals surface area (Å²) in [5, 5.41) is 4.10. The summed E-state index contributed by atoms with van der Waals surface area (Å²) >= 11 is 3.47. The van der Waals surface area contributed by atoms with E-state index in [-0.39, 0.29) is 11.8 Å². The van der Waals surface area contributed by atoms with Crippen LogP contribution in [-0.2, 0) is 4.79 Å². The van der Waals surface area contributed by atoms with Gasteiger partial charge in [-0.1, -0.05) is 49.5 Å². The molecule has 0 aliphatic heterocycles. The van der Waals surface area contributed by atoms with E-state index in [2.05, 4.69) is 35.1 Å². The first kappa shape index (κ1) is 16.0. The SMILES string of the molecule is CCCC(CCBr)CNC(=O)C(C)CCC. The first-order chi connectivity index (χ1) is 7.65. The summed E-state index contributed by atoms with van der Waals surface area (Å²) in [5.74, 6) is 1.01. The predicted molar refractivity (Wildman–Crippen MR) is 73.9 cm³/mol. The van der Waals surface area contributed by atoms with E-state index in [4.69, 9.17) is 0 Å². The minimum Gasteiger partial charge on any atom is -0.356 e. The molecule has 1 amide bonds. The molecule has 0 fully saturated rings. The van der Waals surface area contributed by atoms with E-state index in [0.717, 1.165) is 31.1 Å². The summed E-state index contributed by atoms with van der Waals surface area (Å²) in [4.78, 5) is 11.7. The Hall–Kier alpha value is -0.0500. The molecular weight excluding hydrogens is 266 g/mol. The monoisotopic (exact) mass is 291 g/mol. The summed E-state index contributed by atoms with van der Waals surface area (Å²) in [7, 11) is 0. The lowest BCUT2D eigenvalue weighted by molar-refractivity contribution is -0.124. The van der Waals surface area contributed by atoms with Crippen molar-refractivity contribution in [3.63, 3.8) is 0 Å². The van der Waals surface area contributed by atoms with E-state index in [0.29, 0.717) is 5.92 Å². The second-order valence-electron chi connectivity index (χ2n) is 4.57.